The van der Waals surface area contributed by atoms with Crippen molar-refractivity contribution >= 4 is 28.3 Å². The molecule has 1 unspecified atom stereocenters. The van der Waals surface area contributed by atoms with Gasteiger partial charge in [0.1, 0.15) is 11.8 Å². The Bertz CT molecular complexity index is 1110. The van der Waals surface area contributed by atoms with Gasteiger partial charge in [-0.25, -0.2) is 9.67 Å². The van der Waals surface area contributed by atoms with Crippen molar-refractivity contribution in [2.75, 3.05) is 19.5 Å². The molecule has 2 aromatic heterocycles. The van der Waals surface area contributed by atoms with Crippen molar-refractivity contribution in [3.63, 3.8) is 0 Å². The van der Waals surface area contributed by atoms with Crippen molar-refractivity contribution < 1.29 is 14.3 Å². The highest BCUT2D eigenvalue weighted by molar-refractivity contribution is 7.13. The molecule has 2 N–H and O–H groups in total. The van der Waals surface area contributed by atoms with Crippen LogP contribution in [-0.2, 0) is 16.0 Å². The van der Waals surface area contributed by atoms with Crippen LogP contribution in [0.2, 0.25) is 0 Å². The molecule has 2 amide bonds. The van der Waals surface area contributed by atoms with Gasteiger partial charge >= 0.3 is 0 Å². The van der Waals surface area contributed by atoms with E-state index in [0.717, 1.165) is 10.2 Å². The Labute approximate surface area is 176 Å². The van der Waals surface area contributed by atoms with Crippen LogP contribution in [0.5, 0.6) is 5.75 Å². The average molecular weight is 427 g/mol. The zero-order chi connectivity index (χ0) is 21.7. The van der Waals surface area contributed by atoms with Gasteiger partial charge in [-0.2, -0.15) is 5.10 Å². The standard InChI is InChI=1S/C20H21N5O4S/c1-12(19(28)23-20-22-14(11-30-20)10-17(26)21-2)25-18(27)9-8-16(24-25)13-4-6-15(29-3)7-5-13/h4-9,11-12H,10H2,1-3H3,(H,21,26)(H,22,23,28). The van der Waals surface area contributed by atoms with Crippen LogP contribution in [0.1, 0.15) is 18.7 Å². The summed E-state index contributed by atoms with van der Waals surface area (Å²) in [5.74, 6) is 0.106. The molecule has 156 valence electrons. The Balaban J connectivity index is 1.76. The van der Waals surface area contributed by atoms with E-state index in [4.69, 9.17) is 4.74 Å². The lowest BCUT2D eigenvalue weighted by Gasteiger charge is -2.14. The molecule has 0 aliphatic rings. The van der Waals surface area contributed by atoms with E-state index >= 15 is 0 Å². The molecule has 1 atom stereocenters. The van der Waals surface area contributed by atoms with Crippen molar-refractivity contribution in [3.05, 3.63) is 57.8 Å². The van der Waals surface area contributed by atoms with E-state index in [1.165, 1.54) is 17.4 Å². The first-order valence-corrected chi connectivity index (χ1v) is 9.99. The van der Waals surface area contributed by atoms with Crippen LogP contribution < -0.4 is 20.9 Å². The maximum absolute atomic E-state index is 12.6. The summed E-state index contributed by atoms with van der Waals surface area (Å²) in [4.78, 5) is 40.6. The predicted molar refractivity (Wildman–Crippen MR) is 114 cm³/mol. The fourth-order valence-electron chi connectivity index (χ4n) is 2.64. The minimum atomic E-state index is -0.859. The molecule has 1 aromatic carbocycles. The van der Waals surface area contributed by atoms with Gasteiger partial charge in [0.15, 0.2) is 5.13 Å². The number of carbonyl (C=O) groups is 2. The molecule has 3 rings (SSSR count). The third kappa shape index (κ3) is 4.90. The number of likely N-dealkylation sites (N-methyl/N-ethyl adjacent to an activating group) is 1. The SMILES string of the molecule is CNC(=O)Cc1csc(NC(=O)C(C)n2nc(-c3ccc(OC)cc3)ccc2=O)n1. The zero-order valence-corrected chi connectivity index (χ0v) is 17.5. The molecule has 0 bridgehead atoms. The van der Waals surface area contributed by atoms with Crippen molar-refractivity contribution in [3.8, 4) is 17.0 Å². The van der Waals surface area contributed by atoms with E-state index in [1.807, 2.05) is 12.1 Å². The second-order valence-electron chi connectivity index (χ2n) is 6.39. The monoisotopic (exact) mass is 427 g/mol. The van der Waals surface area contributed by atoms with E-state index < -0.39 is 17.5 Å². The summed E-state index contributed by atoms with van der Waals surface area (Å²) in [7, 11) is 3.13. The van der Waals surface area contributed by atoms with Crippen molar-refractivity contribution in [1.82, 2.24) is 20.1 Å². The smallest absolute Gasteiger partial charge is 0.267 e. The van der Waals surface area contributed by atoms with Crippen molar-refractivity contribution in [2.45, 2.75) is 19.4 Å². The average Bonchev–Trinajstić information content (AvgIpc) is 3.20. The van der Waals surface area contributed by atoms with Gasteiger partial charge in [-0.05, 0) is 37.3 Å². The van der Waals surface area contributed by atoms with Crippen LogP contribution >= 0.6 is 11.3 Å². The molecule has 3 aromatic rings. The molecular formula is C20H21N5O4S. The first kappa shape index (κ1) is 21.2. The summed E-state index contributed by atoms with van der Waals surface area (Å²) in [6.07, 6.45) is 0.128. The van der Waals surface area contributed by atoms with Gasteiger partial charge in [0, 0.05) is 24.1 Å². The molecule has 0 aliphatic carbocycles. The number of anilines is 1. The van der Waals surface area contributed by atoms with Crippen LogP contribution in [0.25, 0.3) is 11.3 Å². The van der Waals surface area contributed by atoms with Crippen LogP contribution in [-0.4, -0.2) is 40.7 Å². The van der Waals surface area contributed by atoms with Crippen LogP contribution in [0.3, 0.4) is 0 Å². The van der Waals surface area contributed by atoms with Gasteiger partial charge in [-0.15, -0.1) is 11.3 Å². The topological polar surface area (TPSA) is 115 Å². The number of hydrogen-bond acceptors (Lipinski definition) is 7. The maximum atomic E-state index is 12.6. The first-order chi connectivity index (χ1) is 14.4. The van der Waals surface area contributed by atoms with E-state index in [2.05, 4.69) is 20.7 Å². The number of benzene rings is 1. The van der Waals surface area contributed by atoms with Gasteiger partial charge < -0.3 is 15.4 Å². The van der Waals surface area contributed by atoms with Crippen LogP contribution in [0.4, 0.5) is 5.13 Å². The summed E-state index contributed by atoms with van der Waals surface area (Å²) in [5.41, 5.74) is 1.50. The summed E-state index contributed by atoms with van der Waals surface area (Å²) >= 11 is 1.21. The van der Waals surface area contributed by atoms with Crippen molar-refractivity contribution in [2.24, 2.45) is 0 Å². The highest BCUT2D eigenvalue weighted by Crippen LogP contribution is 2.21. The molecule has 10 heteroatoms. The number of amides is 2. The number of methoxy groups -OCH3 is 1. The van der Waals surface area contributed by atoms with Crippen molar-refractivity contribution in [1.29, 1.82) is 0 Å². The number of hydrogen-bond donors (Lipinski definition) is 2. The molecule has 2 heterocycles. The van der Waals surface area contributed by atoms with Gasteiger partial charge in [-0.1, -0.05) is 0 Å². The zero-order valence-electron chi connectivity index (χ0n) is 16.7. The number of ether oxygens (including phenoxy) is 1. The summed E-state index contributed by atoms with van der Waals surface area (Å²) in [6.45, 7) is 1.58. The van der Waals surface area contributed by atoms with Crippen LogP contribution in [0.15, 0.2) is 46.6 Å². The second kappa shape index (κ2) is 9.31. The number of carbonyl (C=O) groups excluding carboxylic acids is 2. The molecule has 0 fully saturated rings. The largest absolute Gasteiger partial charge is 0.497 e. The molecular weight excluding hydrogens is 406 g/mol. The number of rotatable bonds is 7. The summed E-state index contributed by atoms with van der Waals surface area (Å²) in [5, 5.41) is 11.6. The first-order valence-electron chi connectivity index (χ1n) is 9.11. The number of thiazole rings is 1. The van der Waals surface area contributed by atoms with Gasteiger partial charge in [0.2, 0.25) is 5.91 Å². The fraction of sp³-hybridized carbons (Fsp3) is 0.250. The highest BCUT2D eigenvalue weighted by atomic mass is 32.1. The molecule has 0 aliphatic heterocycles. The Morgan fingerprint density at radius 2 is 1.93 bits per heavy atom. The Morgan fingerprint density at radius 3 is 2.60 bits per heavy atom. The molecule has 0 radical (unpaired) electrons. The summed E-state index contributed by atoms with van der Waals surface area (Å²) in [6, 6.07) is 9.36. The fourth-order valence-corrected chi connectivity index (χ4v) is 3.35. The minimum Gasteiger partial charge on any atom is -0.497 e. The lowest BCUT2D eigenvalue weighted by molar-refractivity contribution is -0.120. The third-order valence-corrected chi connectivity index (χ3v) is 5.17. The Morgan fingerprint density at radius 1 is 1.20 bits per heavy atom. The number of nitrogens with zero attached hydrogens (tertiary/aromatic N) is 3. The predicted octanol–water partition coefficient (Wildman–Crippen LogP) is 1.86. The van der Waals surface area contributed by atoms with Gasteiger partial charge in [0.25, 0.3) is 11.5 Å². The number of nitrogens with one attached hydrogen (secondary N) is 2. The Hall–Kier alpha value is -3.53. The lowest BCUT2D eigenvalue weighted by Crippen LogP contribution is -2.33. The molecule has 9 nitrogen and oxygen atoms in total. The molecule has 30 heavy (non-hydrogen) atoms. The van der Waals surface area contributed by atoms with E-state index in [-0.39, 0.29) is 12.3 Å². The molecule has 0 saturated carbocycles. The van der Waals surface area contributed by atoms with Gasteiger partial charge in [-0.3, -0.25) is 14.4 Å². The van der Waals surface area contributed by atoms with Gasteiger partial charge in [0.05, 0.1) is 24.9 Å². The van der Waals surface area contributed by atoms with E-state index in [9.17, 15) is 14.4 Å². The Kier molecular flexibility index (Phi) is 6.58. The number of aromatic nitrogens is 3. The van der Waals surface area contributed by atoms with E-state index in [1.54, 1.807) is 44.7 Å². The van der Waals surface area contributed by atoms with E-state index in [0.29, 0.717) is 22.3 Å². The third-order valence-electron chi connectivity index (χ3n) is 4.36. The second-order valence-corrected chi connectivity index (χ2v) is 7.25. The molecule has 0 spiro atoms. The minimum absolute atomic E-state index is 0.128. The highest BCUT2D eigenvalue weighted by Gasteiger charge is 2.19. The van der Waals surface area contributed by atoms with Crippen LogP contribution in [0, 0.1) is 0 Å². The normalized spacial score (nSPS) is 11.6. The molecule has 0 saturated heterocycles. The summed E-state index contributed by atoms with van der Waals surface area (Å²) < 4.78 is 6.28. The lowest BCUT2D eigenvalue weighted by atomic mass is 10.1. The quantitative estimate of drug-likeness (QED) is 0.595. The maximum Gasteiger partial charge on any atom is 0.267 e.